The quantitative estimate of drug-likeness (QED) is 0.842. The molecule has 0 amide bonds. The van der Waals surface area contributed by atoms with E-state index in [2.05, 4.69) is 5.32 Å². The molecule has 0 saturated carbocycles. The van der Waals surface area contributed by atoms with E-state index in [1.165, 1.54) is 0 Å². The lowest BCUT2D eigenvalue weighted by atomic mass is 9.97. The minimum atomic E-state index is -3.48. The van der Waals surface area contributed by atoms with Crippen LogP contribution in [0.5, 0.6) is 5.75 Å². The van der Waals surface area contributed by atoms with Crippen LogP contribution in [0.4, 0.5) is 0 Å². The summed E-state index contributed by atoms with van der Waals surface area (Å²) < 4.78 is 30.3. The lowest BCUT2D eigenvalue weighted by Gasteiger charge is -2.12. The molecule has 5 nitrogen and oxygen atoms in total. The third kappa shape index (κ3) is 3.20. The van der Waals surface area contributed by atoms with Gasteiger partial charge in [0.25, 0.3) is 0 Å². The minimum Gasteiger partial charge on any atom is -0.497 e. The van der Waals surface area contributed by atoms with E-state index in [9.17, 15) is 13.2 Å². The van der Waals surface area contributed by atoms with Crippen molar-refractivity contribution in [1.29, 1.82) is 0 Å². The van der Waals surface area contributed by atoms with Crippen molar-refractivity contribution < 1.29 is 17.9 Å². The summed E-state index contributed by atoms with van der Waals surface area (Å²) in [5, 5.41) is 2.26. The number of sulfone groups is 1. The van der Waals surface area contributed by atoms with Crippen molar-refractivity contribution >= 4 is 15.6 Å². The number of carbonyl (C=O) groups is 1. The summed E-state index contributed by atoms with van der Waals surface area (Å²) in [7, 11) is -1.92. The Bertz CT molecular complexity index is 816. The van der Waals surface area contributed by atoms with Gasteiger partial charge in [0.05, 0.1) is 12.0 Å². The number of hydrogen-bond donors (Lipinski definition) is 1. The Morgan fingerprint density at radius 2 is 1.75 bits per heavy atom. The van der Waals surface area contributed by atoms with Gasteiger partial charge in [-0.2, -0.15) is 0 Å². The summed E-state index contributed by atoms with van der Waals surface area (Å²) in [5.74, 6) is 0.290. The zero-order valence-corrected chi connectivity index (χ0v) is 14.1. The van der Waals surface area contributed by atoms with Crippen LogP contribution >= 0.6 is 0 Å². The molecule has 0 bridgehead atoms. The number of ether oxygens (including phenoxy) is 1. The molecule has 1 heterocycles. The average molecular weight is 345 g/mol. The molecule has 2 unspecified atom stereocenters. The number of benzene rings is 2. The van der Waals surface area contributed by atoms with E-state index in [-0.39, 0.29) is 23.0 Å². The number of rotatable bonds is 5. The summed E-state index contributed by atoms with van der Waals surface area (Å²) in [6, 6.07) is 15.2. The average Bonchev–Trinajstić information content (AvgIpc) is 3.13. The molecule has 1 saturated heterocycles. The number of Topliss-reactive ketones (excluding diaryl/α,β-unsaturated/α-hetero) is 1. The molecule has 1 aliphatic heterocycles. The van der Waals surface area contributed by atoms with Gasteiger partial charge in [-0.05, 0) is 42.8 Å². The van der Waals surface area contributed by atoms with Gasteiger partial charge in [0.1, 0.15) is 11.1 Å². The van der Waals surface area contributed by atoms with E-state index in [4.69, 9.17) is 4.74 Å². The predicted molar refractivity (Wildman–Crippen MR) is 90.9 cm³/mol. The summed E-state index contributed by atoms with van der Waals surface area (Å²) >= 11 is 0. The smallest absolute Gasteiger partial charge is 0.194 e. The van der Waals surface area contributed by atoms with Crippen LogP contribution in [-0.4, -0.2) is 33.2 Å². The summed E-state index contributed by atoms with van der Waals surface area (Å²) in [6.45, 7) is 0.363. The topological polar surface area (TPSA) is 72.5 Å². The molecular formula is C18H19NO4S. The molecule has 126 valence electrons. The highest BCUT2D eigenvalue weighted by atomic mass is 32.2. The molecule has 0 radical (unpaired) electrons. The molecule has 0 spiro atoms. The number of nitrogens with one attached hydrogen (secondary N) is 1. The predicted octanol–water partition coefficient (Wildman–Crippen LogP) is 2.29. The zero-order chi connectivity index (χ0) is 17.2. The first kappa shape index (κ1) is 16.7. The molecule has 1 aliphatic rings. The van der Waals surface area contributed by atoms with Crippen LogP contribution in [0, 0.1) is 5.92 Å². The highest BCUT2D eigenvalue weighted by molar-refractivity contribution is 7.92. The Hall–Kier alpha value is -2.18. The number of hydrogen-bond acceptors (Lipinski definition) is 5. The van der Waals surface area contributed by atoms with Crippen molar-refractivity contribution in [2.75, 3.05) is 13.7 Å². The van der Waals surface area contributed by atoms with E-state index in [1.807, 2.05) is 0 Å². The maximum Gasteiger partial charge on any atom is 0.194 e. The van der Waals surface area contributed by atoms with Crippen molar-refractivity contribution in [2.45, 2.75) is 16.7 Å². The van der Waals surface area contributed by atoms with Gasteiger partial charge in [-0.25, -0.2) is 8.42 Å². The maximum atomic E-state index is 12.6. The van der Waals surface area contributed by atoms with Gasteiger partial charge in [0.15, 0.2) is 15.6 Å². The van der Waals surface area contributed by atoms with Crippen molar-refractivity contribution in [1.82, 2.24) is 5.32 Å². The Balaban J connectivity index is 1.74. The van der Waals surface area contributed by atoms with Crippen LogP contribution in [-0.2, 0) is 9.84 Å². The summed E-state index contributed by atoms with van der Waals surface area (Å²) in [4.78, 5) is 12.9. The Kier molecular flexibility index (Phi) is 4.69. The van der Waals surface area contributed by atoms with E-state index in [0.29, 0.717) is 17.9 Å². The number of methoxy groups -OCH3 is 1. The lowest BCUT2D eigenvalue weighted by molar-refractivity contribution is 0.0930. The van der Waals surface area contributed by atoms with Gasteiger partial charge in [-0.3, -0.25) is 4.79 Å². The van der Waals surface area contributed by atoms with Gasteiger partial charge in [-0.1, -0.05) is 18.2 Å². The maximum absolute atomic E-state index is 12.6. The van der Waals surface area contributed by atoms with E-state index in [1.54, 1.807) is 61.7 Å². The van der Waals surface area contributed by atoms with Crippen LogP contribution in [0.15, 0.2) is 59.5 Å². The zero-order valence-electron chi connectivity index (χ0n) is 13.3. The first-order chi connectivity index (χ1) is 11.5. The third-order valence-corrected chi connectivity index (χ3v) is 6.32. The molecule has 1 N–H and O–H groups in total. The van der Waals surface area contributed by atoms with Crippen LogP contribution in [0.3, 0.4) is 0 Å². The Labute approximate surface area is 141 Å². The minimum absolute atomic E-state index is 0.0454. The van der Waals surface area contributed by atoms with Gasteiger partial charge in [-0.15, -0.1) is 0 Å². The lowest BCUT2D eigenvalue weighted by Crippen LogP contribution is -2.30. The standard InChI is InChI=1S/C18H19NO4S/c1-23-15-9-7-13(8-10-15)18(20)14-11-17(19-12-14)24(21,22)16-5-3-2-4-6-16/h2-10,14,17,19H,11-12H2,1H3. The normalized spacial score (nSPS) is 20.7. The van der Waals surface area contributed by atoms with Crippen molar-refractivity contribution in [3.63, 3.8) is 0 Å². The van der Waals surface area contributed by atoms with Crippen molar-refractivity contribution in [3.8, 4) is 5.75 Å². The highest BCUT2D eigenvalue weighted by Crippen LogP contribution is 2.26. The molecule has 24 heavy (non-hydrogen) atoms. The fourth-order valence-corrected chi connectivity index (χ4v) is 4.57. The van der Waals surface area contributed by atoms with E-state index in [0.717, 1.165) is 0 Å². The Morgan fingerprint density at radius 3 is 2.38 bits per heavy atom. The van der Waals surface area contributed by atoms with E-state index >= 15 is 0 Å². The van der Waals surface area contributed by atoms with Crippen LogP contribution in [0.2, 0.25) is 0 Å². The molecule has 2 aromatic carbocycles. The molecule has 0 aliphatic carbocycles. The SMILES string of the molecule is COc1ccc(C(=O)C2CNC(S(=O)(=O)c3ccccc3)C2)cc1. The van der Waals surface area contributed by atoms with Gasteiger partial charge in [0.2, 0.25) is 0 Å². The largest absolute Gasteiger partial charge is 0.497 e. The molecule has 0 aromatic heterocycles. The molecule has 1 fully saturated rings. The second kappa shape index (κ2) is 6.75. The van der Waals surface area contributed by atoms with Crippen LogP contribution < -0.4 is 10.1 Å². The molecule has 2 aromatic rings. The van der Waals surface area contributed by atoms with Crippen LogP contribution in [0.25, 0.3) is 0 Å². The van der Waals surface area contributed by atoms with Crippen molar-refractivity contribution in [2.24, 2.45) is 5.92 Å². The fourth-order valence-electron chi connectivity index (χ4n) is 2.90. The summed E-state index contributed by atoms with van der Waals surface area (Å²) in [5.41, 5.74) is 0.570. The summed E-state index contributed by atoms with van der Waals surface area (Å²) in [6.07, 6.45) is 0.280. The second-order valence-electron chi connectivity index (χ2n) is 5.78. The molecule has 2 atom stereocenters. The molecular weight excluding hydrogens is 326 g/mol. The monoisotopic (exact) mass is 345 g/mol. The fraction of sp³-hybridized carbons (Fsp3) is 0.278. The van der Waals surface area contributed by atoms with Crippen molar-refractivity contribution in [3.05, 3.63) is 60.2 Å². The molecule has 3 rings (SSSR count). The number of ketones is 1. The highest BCUT2D eigenvalue weighted by Gasteiger charge is 2.38. The van der Waals surface area contributed by atoms with Crippen LogP contribution in [0.1, 0.15) is 16.8 Å². The van der Waals surface area contributed by atoms with Gasteiger partial charge in [0, 0.05) is 18.0 Å². The third-order valence-electron chi connectivity index (χ3n) is 4.28. The molecule has 6 heteroatoms. The van der Waals surface area contributed by atoms with E-state index < -0.39 is 15.2 Å². The van der Waals surface area contributed by atoms with Gasteiger partial charge < -0.3 is 10.1 Å². The first-order valence-electron chi connectivity index (χ1n) is 7.73. The van der Waals surface area contributed by atoms with Gasteiger partial charge >= 0.3 is 0 Å². The number of carbonyl (C=O) groups excluding carboxylic acids is 1. The Morgan fingerprint density at radius 1 is 1.08 bits per heavy atom. The second-order valence-corrected chi connectivity index (χ2v) is 7.91. The first-order valence-corrected chi connectivity index (χ1v) is 9.27.